The lowest BCUT2D eigenvalue weighted by atomic mass is 9.79. The number of amides is 1. The molecule has 0 aromatic heterocycles. The van der Waals surface area contributed by atoms with Crippen LogP contribution in [0.4, 0.5) is 4.79 Å². The van der Waals surface area contributed by atoms with E-state index in [1.165, 1.54) is 4.90 Å². The van der Waals surface area contributed by atoms with Crippen molar-refractivity contribution in [2.24, 2.45) is 0 Å². The van der Waals surface area contributed by atoms with Crippen molar-refractivity contribution in [3.63, 3.8) is 0 Å². The summed E-state index contributed by atoms with van der Waals surface area (Å²) in [6.45, 7) is 2.12. The molecule has 1 heterocycles. The molecule has 5 heteroatoms. The number of hydrogen-bond acceptors (Lipinski definition) is 4. The number of aliphatic hydroxyl groups is 2. The van der Waals surface area contributed by atoms with Gasteiger partial charge in [0.05, 0.1) is 25.3 Å². The summed E-state index contributed by atoms with van der Waals surface area (Å²) in [4.78, 5) is 13.8. The minimum atomic E-state index is -1.44. The van der Waals surface area contributed by atoms with Crippen LogP contribution >= 0.6 is 0 Å². The summed E-state index contributed by atoms with van der Waals surface area (Å²) in [5, 5.41) is 22.0. The van der Waals surface area contributed by atoms with E-state index in [1.807, 2.05) is 60.7 Å². The molecule has 5 nitrogen and oxygen atoms in total. The lowest BCUT2D eigenvalue weighted by molar-refractivity contribution is -0.00510. The topological polar surface area (TPSA) is 70.0 Å². The van der Waals surface area contributed by atoms with Crippen LogP contribution in [0.5, 0.6) is 0 Å². The van der Waals surface area contributed by atoms with Crippen molar-refractivity contribution in [1.29, 1.82) is 0 Å². The molecule has 2 N–H and O–H groups in total. The van der Waals surface area contributed by atoms with Crippen LogP contribution in [0.3, 0.4) is 0 Å². The maximum Gasteiger partial charge on any atom is 0.410 e. The molecule has 132 valence electrons. The van der Waals surface area contributed by atoms with Crippen molar-refractivity contribution in [1.82, 2.24) is 4.90 Å². The van der Waals surface area contributed by atoms with Crippen LogP contribution in [0.15, 0.2) is 60.7 Å². The van der Waals surface area contributed by atoms with Crippen LogP contribution in [0, 0.1) is 0 Å². The van der Waals surface area contributed by atoms with Gasteiger partial charge in [-0.1, -0.05) is 60.7 Å². The van der Waals surface area contributed by atoms with Crippen LogP contribution < -0.4 is 0 Å². The Morgan fingerprint density at radius 3 is 2.12 bits per heavy atom. The fourth-order valence-electron chi connectivity index (χ4n) is 3.55. The molecule has 3 rings (SSSR count). The van der Waals surface area contributed by atoms with Gasteiger partial charge in [-0.05, 0) is 24.5 Å². The van der Waals surface area contributed by atoms with E-state index >= 15 is 0 Å². The number of benzene rings is 2. The third-order valence-corrected chi connectivity index (χ3v) is 4.69. The van der Waals surface area contributed by atoms with E-state index in [0.29, 0.717) is 11.1 Å². The molecule has 1 aliphatic rings. The maximum atomic E-state index is 12.4. The molecule has 1 fully saturated rings. The Labute approximate surface area is 147 Å². The largest absolute Gasteiger partial charge is 0.450 e. The Bertz CT molecular complexity index is 665. The SMILES string of the molecule is CCOC(=O)N1C[C@@H](O)C[C@H]1C(O)(c1ccccc1)c1ccccc1. The minimum Gasteiger partial charge on any atom is -0.450 e. The summed E-state index contributed by atoms with van der Waals surface area (Å²) in [6, 6.07) is 17.9. The maximum absolute atomic E-state index is 12.4. The van der Waals surface area contributed by atoms with Crippen molar-refractivity contribution >= 4 is 6.09 Å². The number of carbonyl (C=O) groups excluding carboxylic acids is 1. The number of hydrogen-bond donors (Lipinski definition) is 2. The van der Waals surface area contributed by atoms with Crippen molar-refractivity contribution in [2.75, 3.05) is 13.2 Å². The molecule has 2 aromatic carbocycles. The highest BCUT2D eigenvalue weighted by Gasteiger charge is 2.50. The first kappa shape index (κ1) is 17.5. The Morgan fingerprint density at radius 1 is 1.12 bits per heavy atom. The monoisotopic (exact) mass is 341 g/mol. The van der Waals surface area contributed by atoms with Gasteiger partial charge in [-0.3, -0.25) is 4.90 Å². The second kappa shape index (κ2) is 7.25. The highest BCUT2D eigenvalue weighted by molar-refractivity contribution is 5.69. The van der Waals surface area contributed by atoms with Gasteiger partial charge in [-0.25, -0.2) is 4.79 Å². The molecule has 0 aliphatic carbocycles. The molecular weight excluding hydrogens is 318 g/mol. The number of aliphatic hydroxyl groups excluding tert-OH is 1. The van der Waals surface area contributed by atoms with Crippen LogP contribution in [-0.4, -0.2) is 46.5 Å². The molecule has 0 saturated carbocycles. The van der Waals surface area contributed by atoms with E-state index in [4.69, 9.17) is 4.74 Å². The van der Waals surface area contributed by atoms with E-state index in [1.54, 1.807) is 6.92 Å². The van der Waals surface area contributed by atoms with E-state index in [9.17, 15) is 15.0 Å². The molecule has 0 spiro atoms. The van der Waals surface area contributed by atoms with Crippen molar-refractivity contribution in [3.05, 3.63) is 71.8 Å². The predicted octanol–water partition coefficient (Wildman–Crippen LogP) is 2.51. The van der Waals surface area contributed by atoms with Crippen LogP contribution in [0.1, 0.15) is 24.5 Å². The predicted molar refractivity (Wildman–Crippen MR) is 94.0 cm³/mol. The molecule has 25 heavy (non-hydrogen) atoms. The third kappa shape index (κ3) is 3.25. The lowest BCUT2D eigenvalue weighted by Crippen LogP contribution is -2.50. The van der Waals surface area contributed by atoms with E-state index in [2.05, 4.69) is 0 Å². The highest BCUT2D eigenvalue weighted by atomic mass is 16.6. The van der Waals surface area contributed by atoms with Crippen LogP contribution in [0.2, 0.25) is 0 Å². The van der Waals surface area contributed by atoms with Gasteiger partial charge < -0.3 is 14.9 Å². The average molecular weight is 341 g/mol. The highest BCUT2D eigenvalue weighted by Crippen LogP contribution is 2.40. The summed E-state index contributed by atoms with van der Waals surface area (Å²) in [5.74, 6) is 0. The number of β-amino-alcohol motifs (C(OH)–C–C–N with tert-alkyl or cyclic N) is 1. The first-order valence-electron chi connectivity index (χ1n) is 8.52. The van der Waals surface area contributed by atoms with Gasteiger partial charge in [0.1, 0.15) is 5.60 Å². The normalized spacial score (nSPS) is 20.5. The zero-order valence-corrected chi connectivity index (χ0v) is 14.2. The van der Waals surface area contributed by atoms with Gasteiger partial charge in [0.15, 0.2) is 0 Å². The molecule has 2 atom stereocenters. The molecule has 0 radical (unpaired) electrons. The molecule has 2 aromatic rings. The van der Waals surface area contributed by atoms with Gasteiger partial charge in [-0.2, -0.15) is 0 Å². The van der Waals surface area contributed by atoms with E-state index in [0.717, 1.165) is 0 Å². The molecule has 1 aliphatic heterocycles. The first-order chi connectivity index (χ1) is 12.1. The van der Waals surface area contributed by atoms with Crippen molar-refractivity contribution in [3.8, 4) is 0 Å². The van der Waals surface area contributed by atoms with Gasteiger partial charge in [0, 0.05) is 0 Å². The second-order valence-electron chi connectivity index (χ2n) is 6.26. The minimum absolute atomic E-state index is 0.144. The van der Waals surface area contributed by atoms with Gasteiger partial charge in [0.25, 0.3) is 0 Å². The molecular formula is C20H23NO4. The number of likely N-dealkylation sites (tertiary alicyclic amines) is 1. The standard InChI is InChI=1S/C20H23NO4/c1-2-25-19(23)21-14-17(22)13-18(21)20(24,15-9-5-3-6-10-15)16-11-7-4-8-12-16/h3-12,17-18,22,24H,2,13-14H2,1H3/t17-,18-/m0/s1. The third-order valence-electron chi connectivity index (χ3n) is 4.69. The molecule has 0 unspecified atom stereocenters. The number of nitrogens with zero attached hydrogens (tertiary/aromatic N) is 1. The Morgan fingerprint density at radius 2 is 1.64 bits per heavy atom. The van der Waals surface area contributed by atoms with Gasteiger partial charge in [0.2, 0.25) is 0 Å². The first-order valence-corrected chi connectivity index (χ1v) is 8.52. The zero-order chi connectivity index (χ0) is 17.9. The Hall–Kier alpha value is -2.37. The summed E-state index contributed by atoms with van der Waals surface area (Å²) in [7, 11) is 0. The Kier molecular flexibility index (Phi) is 5.06. The van der Waals surface area contributed by atoms with Gasteiger partial charge >= 0.3 is 6.09 Å². The second-order valence-corrected chi connectivity index (χ2v) is 6.26. The number of carbonyl (C=O) groups is 1. The fourth-order valence-corrected chi connectivity index (χ4v) is 3.55. The number of rotatable bonds is 4. The van der Waals surface area contributed by atoms with E-state index in [-0.39, 0.29) is 19.6 Å². The quantitative estimate of drug-likeness (QED) is 0.896. The molecule has 0 bridgehead atoms. The lowest BCUT2D eigenvalue weighted by Gasteiger charge is -2.39. The Balaban J connectivity index is 2.09. The van der Waals surface area contributed by atoms with Crippen molar-refractivity contribution in [2.45, 2.75) is 31.1 Å². The van der Waals surface area contributed by atoms with E-state index < -0.39 is 23.8 Å². The van der Waals surface area contributed by atoms with Gasteiger partial charge in [-0.15, -0.1) is 0 Å². The fraction of sp³-hybridized carbons (Fsp3) is 0.350. The van der Waals surface area contributed by atoms with Crippen molar-refractivity contribution < 1.29 is 19.7 Å². The average Bonchev–Trinajstić information content (AvgIpc) is 3.05. The zero-order valence-electron chi connectivity index (χ0n) is 14.2. The molecule has 1 amide bonds. The summed E-state index contributed by atoms with van der Waals surface area (Å²) < 4.78 is 5.14. The van der Waals surface area contributed by atoms with Crippen LogP contribution in [-0.2, 0) is 10.3 Å². The summed E-state index contributed by atoms with van der Waals surface area (Å²) in [5.41, 5.74) is -0.0866. The smallest absolute Gasteiger partial charge is 0.410 e. The number of ether oxygens (including phenoxy) is 1. The van der Waals surface area contributed by atoms with Crippen LogP contribution in [0.25, 0.3) is 0 Å². The summed E-state index contributed by atoms with van der Waals surface area (Å²) in [6.07, 6.45) is -0.943. The summed E-state index contributed by atoms with van der Waals surface area (Å²) >= 11 is 0. The molecule has 1 saturated heterocycles.